The van der Waals surface area contributed by atoms with Crippen molar-refractivity contribution in [1.82, 2.24) is 20.4 Å². The number of hydrogen-bond donors (Lipinski definition) is 3. The maximum Gasteiger partial charge on any atom is 0.244 e. The van der Waals surface area contributed by atoms with Crippen LogP contribution in [0.3, 0.4) is 0 Å². The van der Waals surface area contributed by atoms with Crippen LogP contribution in [0.5, 0.6) is 0 Å². The first-order valence-electron chi connectivity index (χ1n) is 13.4. The molecule has 10 heteroatoms. The van der Waals surface area contributed by atoms with Crippen LogP contribution in [-0.4, -0.2) is 108 Å². The number of rotatable bonds is 12. The van der Waals surface area contributed by atoms with Crippen molar-refractivity contribution >= 4 is 29.5 Å². The Morgan fingerprint density at radius 3 is 2.57 bits per heavy atom. The minimum absolute atomic E-state index is 0.0370. The fourth-order valence-corrected chi connectivity index (χ4v) is 8.98. The molecular weight excluding hydrogens is 468 g/mol. The second kappa shape index (κ2) is 11.8. The smallest absolute Gasteiger partial charge is 0.244 e. The van der Waals surface area contributed by atoms with E-state index in [0.717, 1.165) is 45.3 Å². The number of hydrogen-bond acceptors (Lipinski definition) is 7. The quantitative estimate of drug-likeness (QED) is 0.327. The minimum atomic E-state index is -0.562. The molecule has 0 radical (unpaired) electrons. The highest BCUT2D eigenvalue weighted by molar-refractivity contribution is 8.02. The van der Waals surface area contributed by atoms with E-state index in [0.29, 0.717) is 39.3 Å². The summed E-state index contributed by atoms with van der Waals surface area (Å²) in [6.45, 7) is 9.84. The molecule has 9 nitrogen and oxygen atoms in total. The normalized spacial score (nSPS) is 34.3. The molecule has 4 aliphatic heterocycles. The van der Waals surface area contributed by atoms with Crippen LogP contribution in [0.2, 0.25) is 0 Å². The lowest BCUT2D eigenvalue weighted by molar-refractivity contribution is -0.140. The molecule has 0 aliphatic carbocycles. The molecule has 6 atom stereocenters. The van der Waals surface area contributed by atoms with Gasteiger partial charge in [0.25, 0.3) is 0 Å². The second-order valence-corrected chi connectivity index (χ2v) is 12.0. The number of carbonyl (C=O) groups is 3. The highest BCUT2D eigenvalue weighted by atomic mass is 32.2. The van der Waals surface area contributed by atoms with Crippen LogP contribution in [0.1, 0.15) is 46.0 Å². The molecule has 0 aromatic carbocycles. The molecule has 4 fully saturated rings. The number of likely N-dealkylation sites (tertiary alicyclic amines) is 1. The summed E-state index contributed by atoms with van der Waals surface area (Å²) < 4.78 is 4.85. The zero-order chi connectivity index (χ0) is 25.0. The third-order valence-corrected chi connectivity index (χ3v) is 10.3. The van der Waals surface area contributed by atoms with Gasteiger partial charge in [0.2, 0.25) is 17.7 Å². The lowest BCUT2D eigenvalue weighted by Gasteiger charge is -2.38. The van der Waals surface area contributed by atoms with Crippen LogP contribution in [0.25, 0.3) is 0 Å². The molecule has 198 valence electrons. The van der Waals surface area contributed by atoms with Crippen LogP contribution in [0, 0.1) is 17.8 Å². The van der Waals surface area contributed by atoms with Crippen molar-refractivity contribution in [3.05, 3.63) is 0 Å². The van der Waals surface area contributed by atoms with Gasteiger partial charge in [-0.05, 0) is 38.0 Å². The maximum absolute atomic E-state index is 13.9. The van der Waals surface area contributed by atoms with Gasteiger partial charge in [-0.25, -0.2) is 0 Å². The van der Waals surface area contributed by atoms with Gasteiger partial charge in [0, 0.05) is 51.1 Å². The number of aliphatic hydroxyl groups excluding tert-OH is 1. The summed E-state index contributed by atoms with van der Waals surface area (Å²) in [6, 6.07) is -0.562. The van der Waals surface area contributed by atoms with Gasteiger partial charge in [0.15, 0.2) is 0 Å². The molecule has 0 aromatic rings. The van der Waals surface area contributed by atoms with Gasteiger partial charge in [-0.3, -0.25) is 19.3 Å². The van der Waals surface area contributed by atoms with E-state index < -0.39 is 16.7 Å². The number of aliphatic hydroxyl groups is 1. The number of nitrogens with one attached hydrogen (secondary N) is 2. The molecule has 3 N–H and O–H groups in total. The van der Waals surface area contributed by atoms with Gasteiger partial charge in [-0.2, -0.15) is 0 Å². The highest BCUT2D eigenvalue weighted by Crippen LogP contribution is 2.68. The summed E-state index contributed by atoms with van der Waals surface area (Å²) in [6.07, 6.45) is 3.93. The number of carbonyl (C=O) groups excluding carboxylic acids is 3. The van der Waals surface area contributed by atoms with Crippen molar-refractivity contribution in [2.75, 3.05) is 59.1 Å². The number of ether oxygens (including phenoxy) is 1. The molecule has 4 aliphatic rings. The first-order valence-corrected chi connectivity index (χ1v) is 14.3. The fourth-order valence-electron chi connectivity index (χ4n) is 6.56. The van der Waals surface area contributed by atoms with Crippen LogP contribution < -0.4 is 10.6 Å². The molecule has 35 heavy (non-hydrogen) atoms. The van der Waals surface area contributed by atoms with E-state index >= 15 is 0 Å². The van der Waals surface area contributed by atoms with E-state index in [1.165, 1.54) is 0 Å². The van der Waals surface area contributed by atoms with Crippen molar-refractivity contribution in [2.45, 2.75) is 62.0 Å². The van der Waals surface area contributed by atoms with Crippen molar-refractivity contribution in [1.29, 1.82) is 0 Å². The van der Waals surface area contributed by atoms with Crippen molar-refractivity contribution in [3.8, 4) is 0 Å². The Morgan fingerprint density at radius 1 is 1.11 bits per heavy atom. The van der Waals surface area contributed by atoms with Gasteiger partial charge in [-0.15, -0.1) is 11.8 Å². The zero-order valence-corrected chi connectivity index (χ0v) is 22.0. The van der Waals surface area contributed by atoms with Crippen LogP contribution in [0.4, 0.5) is 0 Å². The van der Waals surface area contributed by atoms with Gasteiger partial charge in [0.1, 0.15) is 6.04 Å². The average Bonchev–Trinajstić information content (AvgIpc) is 3.44. The zero-order valence-electron chi connectivity index (χ0n) is 21.2. The van der Waals surface area contributed by atoms with E-state index in [-0.39, 0.29) is 41.4 Å². The van der Waals surface area contributed by atoms with E-state index in [9.17, 15) is 14.4 Å². The van der Waals surface area contributed by atoms with Crippen molar-refractivity contribution in [2.24, 2.45) is 17.8 Å². The van der Waals surface area contributed by atoms with Gasteiger partial charge in [0.05, 0.1) is 29.8 Å². The molecule has 1 spiro atoms. The number of thioether (sulfide) groups is 1. The molecule has 4 heterocycles. The summed E-state index contributed by atoms with van der Waals surface area (Å²) in [4.78, 5) is 44.9. The average molecular weight is 511 g/mol. The van der Waals surface area contributed by atoms with E-state index in [4.69, 9.17) is 9.84 Å². The van der Waals surface area contributed by atoms with E-state index in [1.54, 1.807) is 16.7 Å². The number of fused-ring (bicyclic) bond motifs is 1. The summed E-state index contributed by atoms with van der Waals surface area (Å²) in [7, 11) is 0. The molecule has 3 unspecified atom stereocenters. The molecule has 4 saturated heterocycles. The molecule has 2 bridgehead atoms. The number of amides is 3. The van der Waals surface area contributed by atoms with Gasteiger partial charge >= 0.3 is 0 Å². The standard InChI is InChI=1S/C25H42N4O5S/c1-3-7-26-22(31)19-18-16-17(2)25(35-18)20(19)24(33)29(9-5-4-6-13-30)21(25)23(32)27-8-10-28-11-14-34-15-12-28/h17-21,30H,3-16H2,1-2H3,(H,26,31)(H,27,32)/t17?,18-,19+,20-,21?,25?/m0/s1. The first kappa shape index (κ1) is 26.7. The van der Waals surface area contributed by atoms with E-state index in [1.807, 2.05) is 6.92 Å². The molecular formula is C25H42N4O5S. The Labute approximate surface area is 213 Å². The first-order chi connectivity index (χ1) is 17.0. The van der Waals surface area contributed by atoms with Crippen LogP contribution >= 0.6 is 11.8 Å². The topological polar surface area (TPSA) is 111 Å². The lowest BCUT2D eigenvalue weighted by Crippen LogP contribution is -2.57. The predicted molar refractivity (Wildman–Crippen MR) is 135 cm³/mol. The Bertz CT molecular complexity index is 779. The largest absolute Gasteiger partial charge is 0.396 e. The number of nitrogens with zero attached hydrogens (tertiary/aromatic N) is 2. The third kappa shape index (κ3) is 5.08. The van der Waals surface area contributed by atoms with Gasteiger partial charge in [-0.1, -0.05) is 13.8 Å². The van der Waals surface area contributed by atoms with Crippen LogP contribution in [0.15, 0.2) is 0 Å². The lowest BCUT2D eigenvalue weighted by atomic mass is 9.66. The Balaban J connectivity index is 1.53. The monoisotopic (exact) mass is 510 g/mol. The molecule has 0 saturated carbocycles. The Kier molecular flexibility index (Phi) is 8.99. The van der Waals surface area contributed by atoms with E-state index in [2.05, 4.69) is 22.5 Å². The number of morpholine rings is 1. The fraction of sp³-hybridized carbons (Fsp3) is 0.880. The Morgan fingerprint density at radius 2 is 1.86 bits per heavy atom. The number of unbranched alkanes of at least 4 members (excludes halogenated alkanes) is 2. The third-order valence-electron chi connectivity index (χ3n) is 8.23. The van der Waals surface area contributed by atoms with Crippen LogP contribution in [-0.2, 0) is 19.1 Å². The van der Waals surface area contributed by atoms with Crippen molar-refractivity contribution < 1.29 is 24.2 Å². The highest BCUT2D eigenvalue weighted by Gasteiger charge is 2.75. The molecule has 3 amide bonds. The molecule has 4 rings (SSSR count). The second-order valence-electron chi connectivity index (χ2n) is 10.4. The summed E-state index contributed by atoms with van der Waals surface area (Å²) in [5, 5.41) is 15.4. The van der Waals surface area contributed by atoms with Gasteiger partial charge < -0.3 is 25.4 Å². The Hall–Kier alpha value is -1.36. The minimum Gasteiger partial charge on any atom is -0.396 e. The SMILES string of the molecule is CCCNC(=O)[C@@H]1[C@@H]2CC(C)C3(S2)C(C(=O)NCCN2CCOCC2)N(CCCCCO)C(=O)[C@H]13. The summed E-state index contributed by atoms with van der Waals surface area (Å²) >= 11 is 1.73. The maximum atomic E-state index is 13.9. The molecule has 0 aromatic heterocycles. The van der Waals surface area contributed by atoms with Crippen molar-refractivity contribution in [3.63, 3.8) is 0 Å². The summed E-state index contributed by atoms with van der Waals surface area (Å²) in [5.41, 5.74) is 0. The summed E-state index contributed by atoms with van der Waals surface area (Å²) in [5.74, 6) is -0.817. The predicted octanol–water partition coefficient (Wildman–Crippen LogP) is 0.461.